The van der Waals surface area contributed by atoms with Crippen molar-refractivity contribution in [3.8, 4) is 0 Å². The Morgan fingerprint density at radius 1 is 0.967 bits per heavy atom. The van der Waals surface area contributed by atoms with E-state index in [4.69, 9.17) is 0 Å². The zero-order chi connectivity index (χ0) is 21.3. The molecule has 154 valence electrons. The third-order valence-electron chi connectivity index (χ3n) is 5.24. The zero-order valence-electron chi connectivity index (χ0n) is 16.0. The lowest BCUT2D eigenvalue weighted by atomic mass is 10.2. The molecule has 0 spiro atoms. The smallest absolute Gasteiger partial charge is 0.273 e. The second-order valence-corrected chi connectivity index (χ2v) is 7.02. The summed E-state index contributed by atoms with van der Waals surface area (Å²) in [6.07, 6.45) is 0. The van der Waals surface area contributed by atoms with Gasteiger partial charge in [0.2, 0.25) is 5.91 Å². The van der Waals surface area contributed by atoms with Crippen LogP contribution < -0.4 is 16.0 Å². The van der Waals surface area contributed by atoms with Crippen LogP contribution >= 0.6 is 0 Å². The van der Waals surface area contributed by atoms with E-state index in [-0.39, 0.29) is 23.5 Å². The minimum absolute atomic E-state index is 0.0300. The van der Waals surface area contributed by atoms with Crippen molar-refractivity contribution >= 4 is 28.1 Å². The first-order valence-corrected chi connectivity index (χ1v) is 9.43. The molecular formula is C20H19N5O5. The van der Waals surface area contributed by atoms with Gasteiger partial charge in [-0.15, -0.1) is 0 Å². The van der Waals surface area contributed by atoms with Gasteiger partial charge in [0.15, 0.2) is 0 Å². The van der Waals surface area contributed by atoms with Crippen molar-refractivity contribution in [2.45, 2.75) is 6.54 Å². The molecule has 10 heteroatoms. The van der Waals surface area contributed by atoms with E-state index in [0.717, 1.165) is 10.4 Å². The topological polar surface area (TPSA) is 122 Å². The first-order chi connectivity index (χ1) is 14.4. The number of carbonyl (C=O) groups excluding carboxylic acids is 1. The zero-order valence-corrected chi connectivity index (χ0v) is 16.0. The Balaban J connectivity index is 1.43. The number of hydrogen-bond donors (Lipinski definition) is 1. The number of piperazine rings is 1. The van der Waals surface area contributed by atoms with Crippen LogP contribution in [-0.4, -0.2) is 51.7 Å². The van der Waals surface area contributed by atoms with Gasteiger partial charge in [0.05, 0.1) is 15.7 Å². The van der Waals surface area contributed by atoms with E-state index in [9.17, 15) is 24.5 Å². The van der Waals surface area contributed by atoms with Gasteiger partial charge in [0.1, 0.15) is 6.54 Å². The molecule has 0 aliphatic carbocycles. The van der Waals surface area contributed by atoms with Gasteiger partial charge >= 0.3 is 0 Å². The minimum Gasteiger partial charge on any atom is -0.368 e. The maximum atomic E-state index is 12.7. The molecule has 0 radical (unpaired) electrons. The van der Waals surface area contributed by atoms with Crippen LogP contribution in [0.3, 0.4) is 0 Å². The second-order valence-electron chi connectivity index (χ2n) is 7.02. The third-order valence-corrected chi connectivity index (χ3v) is 5.24. The number of amides is 1. The van der Waals surface area contributed by atoms with Crippen LogP contribution in [0.4, 0.5) is 11.4 Å². The molecule has 1 N–H and O–H groups in total. The third kappa shape index (κ3) is 3.66. The van der Waals surface area contributed by atoms with Gasteiger partial charge in [-0.1, -0.05) is 12.1 Å². The number of nitrogens with one attached hydrogen (secondary N) is 1. The van der Waals surface area contributed by atoms with Crippen molar-refractivity contribution < 1.29 is 9.72 Å². The Bertz CT molecular complexity index is 1220. The first kappa shape index (κ1) is 19.4. The number of nitro groups is 1. The maximum absolute atomic E-state index is 12.7. The minimum atomic E-state index is -0.445. The summed E-state index contributed by atoms with van der Waals surface area (Å²) in [6, 6.07) is 12.8. The fraction of sp³-hybridized carbons (Fsp3) is 0.250. The molecular weight excluding hydrogens is 390 g/mol. The highest BCUT2D eigenvalue weighted by Crippen LogP contribution is 2.20. The van der Waals surface area contributed by atoms with Crippen LogP contribution in [0.2, 0.25) is 0 Å². The summed E-state index contributed by atoms with van der Waals surface area (Å²) in [5, 5.41) is 13.8. The van der Waals surface area contributed by atoms with Crippen LogP contribution in [0.5, 0.6) is 0 Å². The summed E-state index contributed by atoms with van der Waals surface area (Å²) in [7, 11) is 0. The van der Waals surface area contributed by atoms with Gasteiger partial charge in [0.25, 0.3) is 16.8 Å². The molecule has 2 aromatic carbocycles. The predicted molar refractivity (Wildman–Crippen MR) is 111 cm³/mol. The molecule has 0 atom stereocenters. The van der Waals surface area contributed by atoms with E-state index in [0.29, 0.717) is 31.6 Å². The van der Waals surface area contributed by atoms with E-state index in [2.05, 4.69) is 5.10 Å². The summed E-state index contributed by atoms with van der Waals surface area (Å²) in [6.45, 7) is 1.78. The molecule has 3 aromatic rings. The highest BCUT2D eigenvalue weighted by Gasteiger charge is 2.22. The summed E-state index contributed by atoms with van der Waals surface area (Å²) in [4.78, 5) is 51.5. The molecule has 1 aliphatic rings. The number of aromatic amines is 1. The Labute approximate surface area is 170 Å². The Kier molecular flexibility index (Phi) is 5.05. The number of anilines is 1. The molecule has 1 aromatic heterocycles. The fourth-order valence-electron chi connectivity index (χ4n) is 3.59. The van der Waals surface area contributed by atoms with Crippen LogP contribution in [0, 0.1) is 10.1 Å². The van der Waals surface area contributed by atoms with E-state index in [1.807, 2.05) is 4.90 Å². The number of fused-ring (bicyclic) bond motifs is 1. The van der Waals surface area contributed by atoms with E-state index in [1.54, 1.807) is 41.3 Å². The van der Waals surface area contributed by atoms with E-state index >= 15 is 0 Å². The van der Waals surface area contributed by atoms with Crippen molar-refractivity contribution in [2.24, 2.45) is 0 Å². The average molecular weight is 409 g/mol. The number of nitrogens with zero attached hydrogens (tertiary/aromatic N) is 4. The quantitative estimate of drug-likeness (QED) is 0.506. The fourth-order valence-corrected chi connectivity index (χ4v) is 3.59. The van der Waals surface area contributed by atoms with Crippen LogP contribution in [0.1, 0.15) is 0 Å². The number of hydrogen-bond acceptors (Lipinski definition) is 6. The van der Waals surface area contributed by atoms with Crippen molar-refractivity contribution in [1.29, 1.82) is 0 Å². The SMILES string of the molecule is O=C(Cn1[nH]c(=O)c2ccccc2c1=O)N1CCN(c2ccc([N+](=O)[O-])cc2)CC1. The summed E-state index contributed by atoms with van der Waals surface area (Å²) in [5.74, 6) is -0.258. The number of nitro benzene ring substituents is 1. The highest BCUT2D eigenvalue weighted by atomic mass is 16.6. The summed E-state index contributed by atoms with van der Waals surface area (Å²) < 4.78 is 1.05. The largest absolute Gasteiger partial charge is 0.368 e. The Morgan fingerprint density at radius 3 is 2.23 bits per heavy atom. The van der Waals surface area contributed by atoms with Crippen molar-refractivity contribution in [1.82, 2.24) is 14.7 Å². The maximum Gasteiger partial charge on any atom is 0.273 e. The van der Waals surface area contributed by atoms with Crippen LogP contribution in [0.25, 0.3) is 10.8 Å². The van der Waals surface area contributed by atoms with E-state index < -0.39 is 16.0 Å². The summed E-state index contributed by atoms with van der Waals surface area (Å²) >= 11 is 0. The van der Waals surface area contributed by atoms with Gasteiger partial charge in [-0.2, -0.15) is 0 Å². The molecule has 1 fully saturated rings. The second kappa shape index (κ2) is 7.82. The van der Waals surface area contributed by atoms with Gasteiger partial charge in [-0.05, 0) is 24.3 Å². The number of H-pyrrole nitrogens is 1. The predicted octanol–water partition coefficient (Wildman–Crippen LogP) is 0.947. The lowest BCUT2D eigenvalue weighted by Gasteiger charge is -2.36. The molecule has 1 saturated heterocycles. The number of aromatic nitrogens is 2. The number of non-ortho nitro benzene ring substituents is 1. The van der Waals surface area contributed by atoms with Crippen molar-refractivity contribution in [2.75, 3.05) is 31.1 Å². The average Bonchev–Trinajstić information content (AvgIpc) is 2.77. The highest BCUT2D eigenvalue weighted by molar-refractivity contribution is 5.81. The number of carbonyl (C=O) groups is 1. The Hall–Kier alpha value is -3.95. The van der Waals surface area contributed by atoms with Gasteiger partial charge in [0, 0.05) is 44.0 Å². The molecule has 2 heterocycles. The lowest BCUT2D eigenvalue weighted by molar-refractivity contribution is -0.384. The molecule has 10 nitrogen and oxygen atoms in total. The normalized spacial score (nSPS) is 14.1. The molecule has 4 rings (SSSR count). The van der Waals surface area contributed by atoms with Crippen molar-refractivity contribution in [3.63, 3.8) is 0 Å². The molecule has 30 heavy (non-hydrogen) atoms. The Morgan fingerprint density at radius 2 is 1.60 bits per heavy atom. The summed E-state index contributed by atoms with van der Waals surface area (Å²) in [5.41, 5.74) is 0.0502. The van der Waals surface area contributed by atoms with Gasteiger partial charge < -0.3 is 9.80 Å². The lowest BCUT2D eigenvalue weighted by Crippen LogP contribution is -2.50. The van der Waals surface area contributed by atoms with Gasteiger partial charge in [-0.25, -0.2) is 4.68 Å². The van der Waals surface area contributed by atoms with E-state index in [1.165, 1.54) is 12.1 Å². The molecule has 1 aliphatic heterocycles. The number of benzene rings is 2. The molecule has 0 unspecified atom stereocenters. The van der Waals surface area contributed by atoms with Crippen molar-refractivity contribution in [3.05, 3.63) is 79.4 Å². The van der Waals surface area contributed by atoms with Crippen LogP contribution in [-0.2, 0) is 11.3 Å². The standard InChI is InChI=1S/C20H19N5O5/c26-18(13-24-20(28)17-4-2-1-3-16(17)19(27)21-24)23-11-9-22(10-12-23)14-5-7-15(8-6-14)25(29)30/h1-8H,9-13H2,(H,21,27). The molecule has 0 saturated carbocycles. The number of rotatable bonds is 4. The monoisotopic (exact) mass is 409 g/mol. The first-order valence-electron chi connectivity index (χ1n) is 9.43. The van der Waals surface area contributed by atoms with Gasteiger partial charge in [-0.3, -0.25) is 29.6 Å². The molecule has 0 bridgehead atoms. The van der Waals surface area contributed by atoms with Crippen LogP contribution in [0.15, 0.2) is 58.1 Å². The molecule has 1 amide bonds.